The van der Waals surface area contributed by atoms with Crippen molar-refractivity contribution >= 4 is 42.3 Å². The zero-order chi connectivity index (χ0) is 47.6. The molecule has 2 aromatic rings. The quantitative estimate of drug-likeness (QED) is 0.0379. The van der Waals surface area contributed by atoms with Crippen molar-refractivity contribution in [1.29, 1.82) is 0 Å². The second-order valence-electron chi connectivity index (χ2n) is 11.3. The van der Waals surface area contributed by atoms with Crippen LogP contribution in [0.2, 0.25) is 0 Å². The summed E-state index contributed by atoms with van der Waals surface area (Å²) < 4.78 is 57.6. The van der Waals surface area contributed by atoms with Gasteiger partial charge in [-0.3, -0.25) is 0 Å². The third-order valence-corrected chi connectivity index (χ3v) is 6.47. The normalized spacial score (nSPS) is 9.50. The van der Waals surface area contributed by atoms with Crippen LogP contribution in [-0.2, 0) is 56.8 Å². The predicted octanol–water partition coefficient (Wildman–Crippen LogP) is 6.60. The summed E-state index contributed by atoms with van der Waals surface area (Å²) in [6.45, 7) is 22.0. The van der Waals surface area contributed by atoms with Gasteiger partial charge in [-0.15, -0.1) is 0 Å². The second kappa shape index (κ2) is 38.4. The molecule has 2 aromatic carbocycles. The molecule has 19 heteroatoms. The molecule has 348 valence electrons. The molecule has 0 fully saturated rings. The molecule has 0 radical (unpaired) electrons. The van der Waals surface area contributed by atoms with E-state index in [1.165, 1.54) is 85.0 Å². The molecule has 0 aliphatic heterocycles. The lowest BCUT2D eigenvalue weighted by Gasteiger charge is -2.07. The summed E-state index contributed by atoms with van der Waals surface area (Å²) in [4.78, 5) is 79.1. The highest BCUT2D eigenvalue weighted by Crippen LogP contribution is 2.09. The van der Waals surface area contributed by atoms with Crippen molar-refractivity contribution in [3.63, 3.8) is 0 Å². The molecule has 0 heterocycles. The molecule has 0 aromatic heterocycles. The highest BCUT2D eigenvalue weighted by molar-refractivity contribution is 5.94. The van der Waals surface area contributed by atoms with E-state index >= 15 is 0 Å². The third kappa shape index (κ3) is 29.7. The fourth-order valence-corrected chi connectivity index (χ4v) is 3.68. The summed E-state index contributed by atoms with van der Waals surface area (Å²) >= 11 is 0. The molecule has 19 nitrogen and oxygen atoms in total. The molecule has 0 saturated carbocycles. The molecule has 0 bridgehead atoms. The number of carbonyl (C=O) groups excluding carboxylic acids is 7. The average Bonchev–Trinajstić information content (AvgIpc) is 3.31. The van der Waals surface area contributed by atoms with Crippen LogP contribution in [0.5, 0.6) is 0 Å². The summed E-state index contributed by atoms with van der Waals surface area (Å²) in [5.74, 6) is -1.96. The van der Waals surface area contributed by atoms with Gasteiger partial charge in [-0.1, -0.05) is 75.9 Å². The van der Waals surface area contributed by atoms with Crippen LogP contribution in [0.1, 0.15) is 41.4 Å². The summed E-state index contributed by atoms with van der Waals surface area (Å²) in [5, 5.41) is 0. The van der Waals surface area contributed by atoms with Gasteiger partial charge in [0.2, 0.25) is 0 Å². The Balaban J connectivity index is 0.000000958. The minimum atomic E-state index is -0.804. The fraction of sp³-hybridized carbons (Fsp3) is 0.311. The van der Waals surface area contributed by atoms with Gasteiger partial charge >= 0.3 is 42.3 Å². The van der Waals surface area contributed by atoms with Crippen LogP contribution in [0, 0.1) is 0 Å². The Labute approximate surface area is 371 Å². The fourth-order valence-electron chi connectivity index (χ4n) is 3.68. The number of benzene rings is 2. The monoisotopic (exact) mass is 898 g/mol. The number of hydrogen-bond donors (Lipinski definition) is 0. The minimum Gasteiger partial charge on any atom is -0.460 e. The van der Waals surface area contributed by atoms with Crippen molar-refractivity contribution in [3.8, 4) is 0 Å². The van der Waals surface area contributed by atoms with E-state index in [9.17, 15) is 33.6 Å². The minimum absolute atomic E-state index is 0.0212. The van der Waals surface area contributed by atoms with Crippen LogP contribution < -0.4 is 0 Å². The summed E-state index contributed by atoms with van der Waals surface area (Å²) in [6.07, 6.45) is 6.35. The lowest BCUT2D eigenvalue weighted by atomic mass is 10.1. The van der Waals surface area contributed by atoms with Crippen LogP contribution in [0.15, 0.2) is 124 Å². The van der Waals surface area contributed by atoms with Crippen molar-refractivity contribution in [2.45, 2.75) is 0 Å². The number of ether oxygens (including phenoxy) is 12. The molecular weight excluding hydrogens is 844 g/mol. The SMILES string of the molecule is C=CCOC(=O)OCCOCCOC(=O)OCC=C.C=CCOC(=O)OCCOCCOC(=O)c1ccc(C(=O)OCC=C)cc1.C=CCOC(=O)c1ccc(C(=O)OCC=C)cc1. The largest absolute Gasteiger partial charge is 0.508 e. The average molecular weight is 899 g/mol. The summed E-state index contributed by atoms with van der Waals surface area (Å²) in [5.41, 5.74) is 1.36. The van der Waals surface area contributed by atoms with Gasteiger partial charge in [0.25, 0.3) is 0 Å². The highest BCUT2D eigenvalue weighted by Gasteiger charge is 2.12. The maximum absolute atomic E-state index is 11.9. The van der Waals surface area contributed by atoms with E-state index in [1.54, 1.807) is 0 Å². The van der Waals surface area contributed by atoms with Crippen LogP contribution in [0.3, 0.4) is 0 Å². The topological polar surface area (TPSA) is 230 Å². The van der Waals surface area contributed by atoms with E-state index in [-0.39, 0.29) is 92.5 Å². The molecule has 0 N–H and O–H groups in total. The first-order valence-electron chi connectivity index (χ1n) is 19.1. The van der Waals surface area contributed by atoms with Crippen molar-refractivity contribution in [1.82, 2.24) is 0 Å². The molecule has 2 rings (SSSR count). The molecule has 0 unspecified atom stereocenters. The van der Waals surface area contributed by atoms with E-state index in [0.717, 1.165) is 0 Å². The molecule has 0 spiro atoms. The Morgan fingerprint density at radius 1 is 0.297 bits per heavy atom. The Morgan fingerprint density at radius 3 is 0.734 bits per heavy atom. The number of esters is 4. The van der Waals surface area contributed by atoms with Gasteiger partial charge in [0.15, 0.2) is 0 Å². The number of hydrogen-bond acceptors (Lipinski definition) is 19. The molecule has 0 aliphatic carbocycles. The van der Waals surface area contributed by atoms with E-state index in [1.807, 2.05) is 0 Å². The van der Waals surface area contributed by atoms with Crippen LogP contribution >= 0.6 is 0 Å². The maximum atomic E-state index is 11.9. The molecule has 64 heavy (non-hydrogen) atoms. The smallest absolute Gasteiger partial charge is 0.460 e. The summed E-state index contributed by atoms with van der Waals surface area (Å²) in [7, 11) is 0. The van der Waals surface area contributed by atoms with Gasteiger partial charge in [-0.2, -0.15) is 0 Å². The Morgan fingerprint density at radius 2 is 0.500 bits per heavy atom. The van der Waals surface area contributed by atoms with E-state index in [2.05, 4.69) is 63.2 Å². The van der Waals surface area contributed by atoms with Crippen molar-refractivity contribution < 1.29 is 90.4 Å². The molecule has 0 aliphatic rings. The van der Waals surface area contributed by atoms with Gasteiger partial charge in [0.05, 0.1) is 48.7 Å². The Hall–Kier alpha value is -7.51. The first-order valence-corrected chi connectivity index (χ1v) is 19.1. The van der Waals surface area contributed by atoms with Crippen molar-refractivity contribution in [2.75, 3.05) is 92.5 Å². The number of rotatable bonds is 28. The van der Waals surface area contributed by atoms with Crippen LogP contribution in [0.4, 0.5) is 14.4 Å². The first-order chi connectivity index (χ1) is 31.0. The summed E-state index contributed by atoms with van der Waals surface area (Å²) in [6, 6.07) is 11.9. The lowest BCUT2D eigenvalue weighted by Crippen LogP contribution is -2.15. The molecule has 0 saturated heterocycles. The second-order valence-corrected chi connectivity index (χ2v) is 11.3. The van der Waals surface area contributed by atoms with Gasteiger partial charge in [-0.05, 0) is 48.5 Å². The zero-order valence-electron chi connectivity index (χ0n) is 35.5. The highest BCUT2D eigenvalue weighted by atomic mass is 16.7. The lowest BCUT2D eigenvalue weighted by molar-refractivity contribution is 0.00979. The Kier molecular flexibility index (Phi) is 33.9. The third-order valence-electron chi connectivity index (χ3n) is 6.47. The van der Waals surface area contributed by atoms with Gasteiger partial charge in [-0.25, -0.2) is 33.6 Å². The Bertz CT molecular complexity index is 1700. The maximum Gasteiger partial charge on any atom is 0.508 e. The van der Waals surface area contributed by atoms with Crippen LogP contribution in [-0.4, -0.2) is 135 Å². The van der Waals surface area contributed by atoms with Gasteiger partial charge in [0, 0.05) is 0 Å². The zero-order valence-corrected chi connectivity index (χ0v) is 35.5. The van der Waals surface area contributed by atoms with E-state index in [4.69, 9.17) is 33.2 Å². The standard InChI is InChI=1S/C19H22O8.C14H14O4.C12H18O7/c1-3-9-24-17(20)15-5-7-16(8-6-15)18(21)25-13-11-23-12-14-27-19(22)26-10-4-2;1-3-9-17-13(15)11-5-7-12(8-6-11)14(16)18-10-4-2;1-3-5-16-11(13)18-9-7-15-8-10-19-12(14)17-6-4-2/h3-8H,1-2,9-14H2;3-8H,1-2,9-10H2;3-4H,1-2,5-10H2. The van der Waals surface area contributed by atoms with Gasteiger partial charge < -0.3 is 56.8 Å². The number of carbonyl (C=O) groups is 7. The molecule has 0 atom stereocenters. The van der Waals surface area contributed by atoms with Crippen molar-refractivity contribution in [2.24, 2.45) is 0 Å². The first kappa shape index (κ1) is 56.5. The van der Waals surface area contributed by atoms with E-state index < -0.39 is 42.3 Å². The molecular formula is C45H54O19. The van der Waals surface area contributed by atoms with Gasteiger partial charge in [0.1, 0.15) is 66.1 Å². The van der Waals surface area contributed by atoms with E-state index in [0.29, 0.717) is 22.3 Å². The van der Waals surface area contributed by atoms with Crippen LogP contribution in [0.25, 0.3) is 0 Å². The molecule has 0 amide bonds. The van der Waals surface area contributed by atoms with Crippen molar-refractivity contribution in [3.05, 3.63) is 147 Å². The predicted molar refractivity (Wildman–Crippen MR) is 229 cm³/mol.